The van der Waals surface area contributed by atoms with Gasteiger partial charge in [-0.25, -0.2) is 0 Å². The minimum Gasteiger partial charge on any atom is -0.341 e. The number of nitro benzene ring substituents is 1. The maximum absolute atomic E-state index is 11.9. The summed E-state index contributed by atoms with van der Waals surface area (Å²) >= 11 is 3.35. The first-order valence-corrected chi connectivity index (χ1v) is 5.97. The monoisotopic (exact) mass is 300 g/mol. The number of hydrogen-bond acceptors (Lipinski definition) is 3. The topological polar surface area (TPSA) is 63.5 Å². The van der Waals surface area contributed by atoms with Crippen molar-refractivity contribution >= 4 is 27.5 Å². The van der Waals surface area contributed by atoms with Crippen molar-refractivity contribution < 1.29 is 9.72 Å². The summed E-state index contributed by atoms with van der Waals surface area (Å²) in [5, 5.41) is 10.6. The van der Waals surface area contributed by atoms with E-state index in [0.717, 1.165) is 0 Å². The highest BCUT2D eigenvalue weighted by Gasteiger charge is 2.15. The Balaban J connectivity index is 2.89. The molecule has 6 heteroatoms. The largest absolute Gasteiger partial charge is 0.341 e. The predicted molar refractivity (Wildman–Crippen MR) is 68.4 cm³/mol. The maximum atomic E-state index is 11.9. The van der Waals surface area contributed by atoms with Crippen LogP contribution in [0.4, 0.5) is 5.69 Å². The predicted octanol–water partition coefficient (Wildman–Crippen LogP) is 2.45. The Morgan fingerprint density at radius 1 is 1.59 bits per heavy atom. The van der Waals surface area contributed by atoms with Gasteiger partial charge in [0.25, 0.3) is 11.6 Å². The summed E-state index contributed by atoms with van der Waals surface area (Å²) in [5.41, 5.74) is 0.256. The van der Waals surface area contributed by atoms with Gasteiger partial charge in [0.2, 0.25) is 0 Å². The molecule has 0 aliphatic rings. The van der Waals surface area contributed by atoms with Crippen LogP contribution in [0, 0.1) is 10.1 Å². The number of alkyl halides is 1. The Morgan fingerprint density at radius 2 is 2.24 bits per heavy atom. The smallest absolute Gasteiger partial charge is 0.270 e. The molecular weight excluding hydrogens is 288 g/mol. The normalized spacial score (nSPS) is 11.9. The molecule has 0 radical (unpaired) electrons. The van der Waals surface area contributed by atoms with E-state index in [1.807, 2.05) is 6.92 Å². The minimum absolute atomic E-state index is 0.0730. The molecule has 5 nitrogen and oxygen atoms in total. The summed E-state index contributed by atoms with van der Waals surface area (Å²) in [4.78, 5) is 23.7. The number of hydrogen-bond donors (Lipinski definition) is 0. The molecule has 0 aliphatic carbocycles. The van der Waals surface area contributed by atoms with Crippen LogP contribution in [0.1, 0.15) is 17.3 Å². The summed E-state index contributed by atoms with van der Waals surface area (Å²) in [7, 11) is 1.67. The summed E-state index contributed by atoms with van der Waals surface area (Å²) in [6.07, 6.45) is 0. The van der Waals surface area contributed by atoms with Crippen LogP contribution < -0.4 is 0 Å². The molecule has 17 heavy (non-hydrogen) atoms. The van der Waals surface area contributed by atoms with Crippen LogP contribution in [0.25, 0.3) is 0 Å². The van der Waals surface area contributed by atoms with Gasteiger partial charge < -0.3 is 4.90 Å². The zero-order valence-electron chi connectivity index (χ0n) is 9.59. The van der Waals surface area contributed by atoms with Crippen molar-refractivity contribution in [1.82, 2.24) is 4.90 Å². The number of amides is 1. The van der Waals surface area contributed by atoms with E-state index in [4.69, 9.17) is 0 Å². The molecule has 0 saturated heterocycles. The van der Waals surface area contributed by atoms with Gasteiger partial charge in [0, 0.05) is 36.1 Å². The maximum Gasteiger partial charge on any atom is 0.270 e. The third-order valence-electron chi connectivity index (χ3n) is 2.18. The molecule has 92 valence electrons. The third-order valence-corrected chi connectivity index (χ3v) is 2.47. The Hall–Kier alpha value is -1.43. The number of rotatable bonds is 4. The Bertz CT molecular complexity index is 434. The average Bonchev–Trinajstić information content (AvgIpc) is 2.27. The number of non-ortho nitro benzene ring substituents is 1. The van der Waals surface area contributed by atoms with Crippen molar-refractivity contribution in [2.45, 2.75) is 11.8 Å². The van der Waals surface area contributed by atoms with Gasteiger partial charge in [0.15, 0.2) is 0 Å². The molecule has 0 aliphatic heterocycles. The van der Waals surface area contributed by atoms with Crippen molar-refractivity contribution in [1.29, 1.82) is 0 Å². The van der Waals surface area contributed by atoms with Crippen LogP contribution in [-0.2, 0) is 0 Å². The molecule has 0 bridgehead atoms. The standard InChI is InChI=1S/C11H13BrN2O3/c1-8(12)7-13(2)11(15)9-4-3-5-10(6-9)14(16)17/h3-6,8H,7H2,1-2H3. The van der Waals surface area contributed by atoms with E-state index in [-0.39, 0.29) is 16.4 Å². The second kappa shape index (κ2) is 5.77. The average molecular weight is 301 g/mol. The van der Waals surface area contributed by atoms with E-state index < -0.39 is 4.92 Å². The van der Waals surface area contributed by atoms with Crippen LogP contribution >= 0.6 is 15.9 Å². The lowest BCUT2D eigenvalue weighted by molar-refractivity contribution is -0.384. The lowest BCUT2D eigenvalue weighted by atomic mass is 10.2. The van der Waals surface area contributed by atoms with Crippen LogP contribution in [0.3, 0.4) is 0 Å². The number of halogens is 1. The number of nitro groups is 1. The fourth-order valence-corrected chi connectivity index (χ4v) is 1.87. The van der Waals surface area contributed by atoms with Crippen LogP contribution in [-0.4, -0.2) is 34.2 Å². The first-order chi connectivity index (χ1) is 7.91. The van der Waals surface area contributed by atoms with Crippen LogP contribution in [0.2, 0.25) is 0 Å². The van der Waals surface area contributed by atoms with Gasteiger partial charge in [-0.3, -0.25) is 14.9 Å². The van der Waals surface area contributed by atoms with Gasteiger partial charge >= 0.3 is 0 Å². The summed E-state index contributed by atoms with van der Waals surface area (Å²) in [6.45, 7) is 2.47. The van der Waals surface area contributed by atoms with Gasteiger partial charge in [0.1, 0.15) is 0 Å². The molecule has 1 aromatic carbocycles. The summed E-state index contributed by atoms with van der Waals surface area (Å²) in [6, 6.07) is 5.74. The number of carbonyl (C=O) groups excluding carboxylic acids is 1. The second-order valence-corrected chi connectivity index (χ2v) is 5.34. The van der Waals surface area contributed by atoms with Crippen molar-refractivity contribution in [2.75, 3.05) is 13.6 Å². The van der Waals surface area contributed by atoms with Gasteiger partial charge in [-0.05, 0) is 6.07 Å². The van der Waals surface area contributed by atoms with E-state index >= 15 is 0 Å². The quantitative estimate of drug-likeness (QED) is 0.487. The Morgan fingerprint density at radius 3 is 2.76 bits per heavy atom. The molecule has 1 amide bonds. The van der Waals surface area contributed by atoms with Crippen molar-refractivity contribution in [3.63, 3.8) is 0 Å². The zero-order valence-corrected chi connectivity index (χ0v) is 11.2. The van der Waals surface area contributed by atoms with Gasteiger partial charge in [-0.1, -0.05) is 28.9 Å². The highest BCUT2D eigenvalue weighted by molar-refractivity contribution is 9.09. The van der Waals surface area contributed by atoms with E-state index in [1.165, 1.54) is 23.1 Å². The SMILES string of the molecule is CC(Br)CN(C)C(=O)c1cccc([N+](=O)[O-])c1. The molecule has 0 spiro atoms. The Labute approximate surface area is 108 Å². The number of carbonyl (C=O) groups is 1. The lowest BCUT2D eigenvalue weighted by Crippen LogP contribution is -2.31. The molecule has 0 saturated carbocycles. The zero-order chi connectivity index (χ0) is 13.0. The van der Waals surface area contributed by atoms with Gasteiger partial charge in [0.05, 0.1) is 4.92 Å². The molecule has 1 aromatic rings. The highest BCUT2D eigenvalue weighted by Crippen LogP contribution is 2.15. The first-order valence-electron chi connectivity index (χ1n) is 5.06. The molecule has 0 N–H and O–H groups in total. The number of nitrogens with zero attached hydrogens (tertiary/aromatic N) is 2. The molecule has 0 fully saturated rings. The molecular formula is C11H13BrN2O3. The summed E-state index contributed by atoms with van der Waals surface area (Å²) < 4.78 is 0. The molecule has 1 rings (SSSR count). The van der Waals surface area contributed by atoms with E-state index in [9.17, 15) is 14.9 Å². The fraction of sp³-hybridized carbons (Fsp3) is 0.364. The fourth-order valence-electron chi connectivity index (χ4n) is 1.43. The minimum atomic E-state index is -0.510. The van der Waals surface area contributed by atoms with Crippen LogP contribution in [0.15, 0.2) is 24.3 Å². The van der Waals surface area contributed by atoms with Crippen LogP contribution in [0.5, 0.6) is 0 Å². The van der Waals surface area contributed by atoms with E-state index in [0.29, 0.717) is 12.1 Å². The second-order valence-electron chi connectivity index (χ2n) is 3.77. The van der Waals surface area contributed by atoms with Crippen molar-refractivity contribution in [3.8, 4) is 0 Å². The molecule has 0 heterocycles. The van der Waals surface area contributed by atoms with Crippen molar-refractivity contribution in [2.24, 2.45) is 0 Å². The van der Waals surface area contributed by atoms with E-state index in [1.54, 1.807) is 13.1 Å². The van der Waals surface area contributed by atoms with Gasteiger partial charge in [-0.2, -0.15) is 0 Å². The lowest BCUT2D eigenvalue weighted by Gasteiger charge is -2.18. The molecule has 0 aromatic heterocycles. The van der Waals surface area contributed by atoms with Gasteiger partial charge in [-0.15, -0.1) is 0 Å². The highest BCUT2D eigenvalue weighted by atomic mass is 79.9. The molecule has 1 atom stereocenters. The van der Waals surface area contributed by atoms with E-state index in [2.05, 4.69) is 15.9 Å². The Kier molecular flexibility index (Phi) is 4.62. The third kappa shape index (κ3) is 3.81. The molecule has 1 unspecified atom stereocenters. The first kappa shape index (κ1) is 13.6. The number of benzene rings is 1. The summed E-state index contributed by atoms with van der Waals surface area (Å²) in [5.74, 6) is -0.222. The van der Waals surface area contributed by atoms with Crippen molar-refractivity contribution in [3.05, 3.63) is 39.9 Å².